The van der Waals surface area contributed by atoms with E-state index < -0.39 is 5.97 Å². The van der Waals surface area contributed by atoms with Crippen molar-refractivity contribution >= 4 is 27.9 Å². The number of rotatable bonds is 6. The number of amides is 2. The average Bonchev–Trinajstić information content (AvgIpc) is 2.39. The van der Waals surface area contributed by atoms with Crippen molar-refractivity contribution in [1.82, 2.24) is 10.2 Å². The number of carbonyl (C=O) groups excluding carboxylic acids is 1. The molecule has 2 N–H and O–H groups in total. The molecule has 7 heteroatoms. The highest BCUT2D eigenvalue weighted by Crippen LogP contribution is 2.15. The van der Waals surface area contributed by atoms with E-state index in [1.807, 2.05) is 0 Å². The summed E-state index contributed by atoms with van der Waals surface area (Å²) in [7, 11) is 1.51. The lowest BCUT2D eigenvalue weighted by Gasteiger charge is -2.17. The number of carboxylic acid groups (broad SMARTS) is 1. The van der Waals surface area contributed by atoms with Crippen LogP contribution in [-0.2, 0) is 11.2 Å². The molecule has 0 atom stereocenters. The minimum absolute atomic E-state index is 0.107. The number of hydrogen-bond acceptors (Lipinski definition) is 2. The first-order valence-electron chi connectivity index (χ1n) is 6.05. The second-order valence-electron chi connectivity index (χ2n) is 4.28. The molecule has 5 nitrogen and oxygen atoms in total. The van der Waals surface area contributed by atoms with Gasteiger partial charge in [0.15, 0.2) is 0 Å². The Morgan fingerprint density at radius 2 is 2.15 bits per heavy atom. The second kappa shape index (κ2) is 7.84. The number of aliphatic carboxylic acids is 1. The Kier molecular flexibility index (Phi) is 6.44. The standard InChI is InChI=1S/C13H16BrFN2O3/c1-17(7-5-12(18)19)13(20)16-6-4-9-8-10(14)2-3-11(9)15/h2-3,8H,4-7H2,1H3,(H,16,20)(H,18,19). The highest BCUT2D eigenvalue weighted by molar-refractivity contribution is 9.10. The topological polar surface area (TPSA) is 69.6 Å². The zero-order valence-corrected chi connectivity index (χ0v) is 12.6. The third-order valence-corrected chi connectivity index (χ3v) is 3.18. The zero-order valence-electron chi connectivity index (χ0n) is 11.0. The fourth-order valence-corrected chi connectivity index (χ4v) is 1.95. The molecule has 0 aliphatic rings. The van der Waals surface area contributed by atoms with E-state index in [2.05, 4.69) is 21.2 Å². The Morgan fingerprint density at radius 1 is 1.45 bits per heavy atom. The number of carbonyl (C=O) groups is 2. The van der Waals surface area contributed by atoms with Gasteiger partial charge in [-0.05, 0) is 30.2 Å². The second-order valence-corrected chi connectivity index (χ2v) is 5.20. The number of urea groups is 1. The van der Waals surface area contributed by atoms with Crippen molar-refractivity contribution in [2.24, 2.45) is 0 Å². The normalized spacial score (nSPS) is 10.2. The summed E-state index contributed by atoms with van der Waals surface area (Å²) in [5.74, 6) is -1.28. The van der Waals surface area contributed by atoms with E-state index >= 15 is 0 Å². The van der Waals surface area contributed by atoms with Crippen molar-refractivity contribution in [2.75, 3.05) is 20.1 Å². The van der Waals surface area contributed by atoms with Gasteiger partial charge in [0.2, 0.25) is 0 Å². The molecule has 2 amide bonds. The summed E-state index contributed by atoms with van der Waals surface area (Å²) in [5, 5.41) is 11.1. The summed E-state index contributed by atoms with van der Waals surface area (Å²) >= 11 is 3.26. The first kappa shape index (κ1) is 16.4. The summed E-state index contributed by atoms with van der Waals surface area (Å²) in [6.07, 6.45) is 0.258. The Morgan fingerprint density at radius 3 is 2.80 bits per heavy atom. The van der Waals surface area contributed by atoms with Gasteiger partial charge in [-0.15, -0.1) is 0 Å². The van der Waals surface area contributed by atoms with Crippen LogP contribution >= 0.6 is 15.9 Å². The molecule has 0 fully saturated rings. The SMILES string of the molecule is CN(CCC(=O)O)C(=O)NCCc1cc(Br)ccc1F. The van der Waals surface area contributed by atoms with Crippen LogP contribution in [0.25, 0.3) is 0 Å². The fourth-order valence-electron chi connectivity index (χ4n) is 1.54. The quantitative estimate of drug-likeness (QED) is 0.829. The summed E-state index contributed by atoms with van der Waals surface area (Å²) in [6, 6.07) is 4.26. The molecule has 1 rings (SSSR count). The minimum Gasteiger partial charge on any atom is -0.481 e. The van der Waals surface area contributed by atoms with Gasteiger partial charge in [-0.3, -0.25) is 4.79 Å². The molecule has 0 aliphatic heterocycles. The van der Waals surface area contributed by atoms with Gasteiger partial charge in [0.05, 0.1) is 6.42 Å². The zero-order chi connectivity index (χ0) is 15.1. The van der Waals surface area contributed by atoms with Crippen LogP contribution in [0, 0.1) is 5.82 Å². The predicted octanol–water partition coefficient (Wildman–Crippen LogP) is 2.25. The molecule has 0 unspecified atom stereocenters. The molecule has 0 heterocycles. The van der Waals surface area contributed by atoms with Crippen LogP contribution < -0.4 is 5.32 Å². The first-order valence-corrected chi connectivity index (χ1v) is 6.84. The van der Waals surface area contributed by atoms with Crippen molar-refractivity contribution in [3.8, 4) is 0 Å². The Labute approximate surface area is 124 Å². The molecule has 0 radical (unpaired) electrons. The third kappa shape index (κ3) is 5.56. The first-order chi connectivity index (χ1) is 9.40. The van der Waals surface area contributed by atoms with Gasteiger partial charge in [-0.25, -0.2) is 9.18 Å². The van der Waals surface area contributed by atoms with E-state index in [0.29, 0.717) is 12.0 Å². The van der Waals surface area contributed by atoms with E-state index in [-0.39, 0.29) is 31.4 Å². The molecule has 0 bridgehead atoms. The van der Waals surface area contributed by atoms with Crippen molar-refractivity contribution < 1.29 is 19.1 Å². The van der Waals surface area contributed by atoms with Crippen molar-refractivity contribution in [1.29, 1.82) is 0 Å². The minimum atomic E-state index is -0.958. The molecule has 0 saturated heterocycles. The molecule has 0 aromatic heterocycles. The number of nitrogens with zero attached hydrogens (tertiary/aromatic N) is 1. The van der Waals surface area contributed by atoms with Gasteiger partial charge in [-0.2, -0.15) is 0 Å². The van der Waals surface area contributed by atoms with E-state index in [1.54, 1.807) is 12.1 Å². The monoisotopic (exact) mass is 346 g/mol. The summed E-state index contributed by atoms with van der Waals surface area (Å²) in [5.41, 5.74) is 0.507. The van der Waals surface area contributed by atoms with Gasteiger partial charge >= 0.3 is 12.0 Å². The highest BCUT2D eigenvalue weighted by Gasteiger charge is 2.10. The van der Waals surface area contributed by atoms with Crippen molar-refractivity contribution in [3.63, 3.8) is 0 Å². The van der Waals surface area contributed by atoms with Crippen LogP contribution in [0.1, 0.15) is 12.0 Å². The summed E-state index contributed by atoms with van der Waals surface area (Å²) < 4.78 is 14.2. The smallest absolute Gasteiger partial charge is 0.317 e. The lowest BCUT2D eigenvalue weighted by molar-refractivity contribution is -0.137. The lowest BCUT2D eigenvalue weighted by Crippen LogP contribution is -2.39. The summed E-state index contributed by atoms with van der Waals surface area (Å²) in [6.45, 7) is 0.413. The van der Waals surface area contributed by atoms with Crippen LogP contribution in [0.15, 0.2) is 22.7 Å². The van der Waals surface area contributed by atoms with Gasteiger partial charge in [0.1, 0.15) is 5.82 Å². The number of halogens is 2. The molecule has 0 spiro atoms. The van der Waals surface area contributed by atoms with Gasteiger partial charge in [0, 0.05) is 24.6 Å². The maximum Gasteiger partial charge on any atom is 0.317 e. The molecule has 0 aliphatic carbocycles. The number of carboxylic acids is 1. The maximum atomic E-state index is 13.5. The summed E-state index contributed by atoms with van der Waals surface area (Å²) in [4.78, 5) is 23.3. The fraction of sp³-hybridized carbons (Fsp3) is 0.385. The molecule has 1 aromatic carbocycles. The van der Waals surface area contributed by atoms with Gasteiger partial charge in [0.25, 0.3) is 0 Å². The molecule has 110 valence electrons. The Balaban J connectivity index is 2.38. The van der Waals surface area contributed by atoms with Crippen LogP contribution in [0.2, 0.25) is 0 Å². The molecule has 0 saturated carbocycles. The molecule has 1 aromatic rings. The van der Waals surface area contributed by atoms with Gasteiger partial charge < -0.3 is 15.3 Å². The average molecular weight is 347 g/mol. The van der Waals surface area contributed by atoms with Crippen LogP contribution in [0.4, 0.5) is 9.18 Å². The molecule has 20 heavy (non-hydrogen) atoms. The number of hydrogen-bond donors (Lipinski definition) is 2. The van der Waals surface area contributed by atoms with Gasteiger partial charge in [-0.1, -0.05) is 15.9 Å². The third-order valence-electron chi connectivity index (χ3n) is 2.69. The molecular weight excluding hydrogens is 331 g/mol. The van der Waals surface area contributed by atoms with Crippen LogP contribution in [0.3, 0.4) is 0 Å². The van der Waals surface area contributed by atoms with E-state index in [0.717, 1.165) is 4.47 Å². The van der Waals surface area contributed by atoms with Crippen LogP contribution in [-0.4, -0.2) is 42.1 Å². The Bertz CT molecular complexity index is 497. The maximum absolute atomic E-state index is 13.5. The van der Waals surface area contributed by atoms with E-state index in [4.69, 9.17) is 5.11 Å². The van der Waals surface area contributed by atoms with Crippen LogP contribution in [0.5, 0.6) is 0 Å². The molecular formula is C13H16BrFN2O3. The van der Waals surface area contributed by atoms with Crippen molar-refractivity contribution in [3.05, 3.63) is 34.1 Å². The van der Waals surface area contributed by atoms with Crippen molar-refractivity contribution in [2.45, 2.75) is 12.8 Å². The van der Waals surface area contributed by atoms with E-state index in [1.165, 1.54) is 18.0 Å². The highest BCUT2D eigenvalue weighted by atomic mass is 79.9. The van der Waals surface area contributed by atoms with E-state index in [9.17, 15) is 14.0 Å². The number of benzene rings is 1. The Hall–Kier alpha value is -1.63. The largest absolute Gasteiger partial charge is 0.481 e. The predicted molar refractivity (Wildman–Crippen MR) is 76.1 cm³/mol. The number of nitrogens with one attached hydrogen (secondary N) is 1. The lowest BCUT2D eigenvalue weighted by atomic mass is 10.1.